The van der Waals surface area contributed by atoms with E-state index in [1.165, 1.54) is 6.42 Å². The molecule has 0 spiro atoms. The molecule has 0 amide bonds. The van der Waals surface area contributed by atoms with Crippen LogP contribution in [0.5, 0.6) is 5.88 Å². The number of morpholine rings is 1. The lowest BCUT2D eigenvalue weighted by molar-refractivity contribution is 0.0195. The Kier molecular flexibility index (Phi) is 5.87. The third kappa shape index (κ3) is 3.96. The highest BCUT2D eigenvalue weighted by Crippen LogP contribution is 2.18. The maximum atomic E-state index is 5.46. The van der Waals surface area contributed by atoms with E-state index in [9.17, 15) is 0 Å². The van der Waals surface area contributed by atoms with Crippen LogP contribution in [0, 0.1) is 0 Å². The van der Waals surface area contributed by atoms with Gasteiger partial charge in [0, 0.05) is 57.6 Å². The number of pyridine rings is 1. The third-order valence-corrected chi connectivity index (χ3v) is 4.72. The first kappa shape index (κ1) is 17.0. The van der Waals surface area contributed by atoms with Crippen LogP contribution >= 0.6 is 0 Å². The van der Waals surface area contributed by atoms with Gasteiger partial charge in [-0.05, 0) is 12.5 Å². The van der Waals surface area contributed by atoms with E-state index in [4.69, 9.17) is 9.47 Å². The molecule has 1 aromatic heterocycles. The fourth-order valence-corrected chi connectivity index (χ4v) is 3.42. The second-order valence-electron chi connectivity index (χ2n) is 6.11. The van der Waals surface area contributed by atoms with Crippen molar-refractivity contribution in [1.29, 1.82) is 0 Å². The Morgan fingerprint density at radius 1 is 1.42 bits per heavy atom. The summed E-state index contributed by atoms with van der Waals surface area (Å²) in [7, 11) is 3.49. The maximum absolute atomic E-state index is 5.46. The highest BCUT2D eigenvalue weighted by molar-refractivity contribution is 5.80. The molecule has 7 heteroatoms. The van der Waals surface area contributed by atoms with Crippen LogP contribution in [0.4, 0.5) is 0 Å². The molecule has 7 nitrogen and oxygen atoms in total. The van der Waals surface area contributed by atoms with Crippen LogP contribution in [-0.2, 0) is 11.3 Å². The van der Waals surface area contributed by atoms with Crippen LogP contribution in [0.1, 0.15) is 12.0 Å². The molecule has 2 aliphatic heterocycles. The fourth-order valence-electron chi connectivity index (χ4n) is 3.42. The number of hydrogen-bond acceptors (Lipinski definition) is 5. The molecule has 3 rings (SSSR count). The zero-order chi connectivity index (χ0) is 16.8. The number of aliphatic imine (C=N–C) groups is 1. The second-order valence-corrected chi connectivity index (χ2v) is 6.11. The van der Waals surface area contributed by atoms with Crippen LogP contribution in [0.25, 0.3) is 0 Å². The molecular weight excluding hydrogens is 306 g/mol. The minimum Gasteiger partial charge on any atom is -0.481 e. The summed E-state index contributed by atoms with van der Waals surface area (Å²) in [4.78, 5) is 13.6. The average Bonchev–Trinajstić information content (AvgIpc) is 3.13. The van der Waals surface area contributed by atoms with Crippen molar-refractivity contribution in [3.8, 4) is 5.88 Å². The Morgan fingerprint density at radius 2 is 2.25 bits per heavy atom. The largest absolute Gasteiger partial charge is 0.481 e. The Morgan fingerprint density at radius 3 is 3.00 bits per heavy atom. The van der Waals surface area contributed by atoms with Crippen LogP contribution in [0.3, 0.4) is 0 Å². The molecule has 1 unspecified atom stereocenters. The van der Waals surface area contributed by atoms with E-state index in [1.54, 1.807) is 13.3 Å². The summed E-state index contributed by atoms with van der Waals surface area (Å²) in [5, 5.41) is 3.44. The summed E-state index contributed by atoms with van der Waals surface area (Å²) in [6, 6.07) is 4.54. The molecule has 1 aromatic rings. The van der Waals surface area contributed by atoms with Gasteiger partial charge in [-0.15, -0.1) is 0 Å². The van der Waals surface area contributed by atoms with Crippen LogP contribution in [0.15, 0.2) is 23.3 Å². The number of likely N-dealkylation sites (tertiary alicyclic amines) is 1. The number of aromatic nitrogens is 1. The van der Waals surface area contributed by atoms with Crippen LogP contribution < -0.4 is 10.1 Å². The number of guanidine groups is 1. The first-order chi connectivity index (χ1) is 11.8. The van der Waals surface area contributed by atoms with Crippen molar-refractivity contribution in [3.63, 3.8) is 0 Å². The first-order valence-corrected chi connectivity index (χ1v) is 8.57. The number of methoxy groups -OCH3 is 1. The Balaban J connectivity index is 1.55. The number of nitrogens with one attached hydrogen (secondary N) is 1. The third-order valence-electron chi connectivity index (χ3n) is 4.72. The maximum Gasteiger partial charge on any atom is 0.218 e. The van der Waals surface area contributed by atoms with Crippen LogP contribution in [-0.4, -0.2) is 80.3 Å². The SMILES string of the molecule is CN=C(NCc1cccnc1OC)N1CCC(N2CCOCC2)C1. The summed E-state index contributed by atoms with van der Waals surface area (Å²) >= 11 is 0. The topological polar surface area (TPSA) is 62.2 Å². The number of rotatable bonds is 4. The molecule has 1 N–H and O–H groups in total. The van der Waals surface area contributed by atoms with Gasteiger partial charge in [-0.2, -0.15) is 0 Å². The number of ether oxygens (including phenoxy) is 2. The van der Waals surface area contributed by atoms with Crippen molar-refractivity contribution in [1.82, 2.24) is 20.1 Å². The lowest BCUT2D eigenvalue weighted by Crippen LogP contribution is -2.46. The van der Waals surface area contributed by atoms with E-state index in [2.05, 4.69) is 25.1 Å². The van der Waals surface area contributed by atoms with Gasteiger partial charge in [0.1, 0.15) is 0 Å². The predicted molar refractivity (Wildman–Crippen MR) is 93.4 cm³/mol. The molecule has 0 aromatic carbocycles. The molecule has 0 aliphatic carbocycles. The lowest BCUT2D eigenvalue weighted by Gasteiger charge is -2.32. The zero-order valence-corrected chi connectivity index (χ0v) is 14.6. The normalized spacial score (nSPS) is 22.7. The van der Waals surface area contributed by atoms with Crippen molar-refractivity contribution >= 4 is 5.96 Å². The van der Waals surface area contributed by atoms with E-state index in [1.807, 2.05) is 19.2 Å². The predicted octanol–water partition coefficient (Wildman–Crippen LogP) is 0.572. The molecule has 1 atom stereocenters. The van der Waals surface area contributed by atoms with Gasteiger partial charge in [-0.3, -0.25) is 9.89 Å². The monoisotopic (exact) mass is 333 g/mol. The molecule has 0 saturated carbocycles. The molecule has 2 aliphatic rings. The minimum absolute atomic E-state index is 0.598. The van der Waals surface area contributed by atoms with Gasteiger partial charge >= 0.3 is 0 Å². The molecule has 132 valence electrons. The first-order valence-electron chi connectivity index (χ1n) is 8.57. The lowest BCUT2D eigenvalue weighted by atomic mass is 10.2. The van der Waals surface area contributed by atoms with Crippen molar-refractivity contribution in [2.24, 2.45) is 4.99 Å². The van der Waals surface area contributed by atoms with E-state index >= 15 is 0 Å². The minimum atomic E-state index is 0.598. The molecular formula is C17H27N5O2. The summed E-state index contributed by atoms with van der Waals surface area (Å²) in [6.45, 7) is 6.49. The van der Waals surface area contributed by atoms with E-state index < -0.39 is 0 Å². The van der Waals surface area contributed by atoms with Crippen molar-refractivity contribution in [2.45, 2.75) is 19.0 Å². The molecule has 3 heterocycles. The van der Waals surface area contributed by atoms with E-state index in [-0.39, 0.29) is 0 Å². The van der Waals surface area contributed by atoms with Gasteiger partial charge in [0.2, 0.25) is 5.88 Å². The summed E-state index contributed by atoms with van der Waals surface area (Å²) < 4.78 is 10.8. The smallest absolute Gasteiger partial charge is 0.218 e. The number of nitrogens with zero attached hydrogens (tertiary/aromatic N) is 4. The fraction of sp³-hybridized carbons (Fsp3) is 0.647. The van der Waals surface area contributed by atoms with Gasteiger partial charge in [0.15, 0.2) is 5.96 Å². The standard InChI is InChI=1S/C17H27N5O2/c1-18-17(20-12-14-4-3-6-19-16(14)23-2)22-7-5-15(13-22)21-8-10-24-11-9-21/h3-4,6,15H,5,7-13H2,1-2H3,(H,18,20). The van der Waals surface area contributed by atoms with Crippen molar-refractivity contribution in [3.05, 3.63) is 23.9 Å². The van der Waals surface area contributed by atoms with E-state index in [0.29, 0.717) is 18.5 Å². The number of hydrogen-bond donors (Lipinski definition) is 1. The Labute approximate surface area is 143 Å². The zero-order valence-electron chi connectivity index (χ0n) is 14.6. The molecule has 2 fully saturated rings. The second kappa shape index (κ2) is 8.30. The highest BCUT2D eigenvalue weighted by Gasteiger charge is 2.30. The average molecular weight is 333 g/mol. The van der Waals surface area contributed by atoms with Gasteiger partial charge in [0.05, 0.1) is 20.3 Å². The van der Waals surface area contributed by atoms with Crippen LogP contribution in [0.2, 0.25) is 0 Å². The van der Waals surface area contributed by atoms with E-state index in [0.717, 1.165) is 50.9 Å². The molecule has 24 heavy (non-hydrogen) atoms. The molecule has 0 radical (unpaired) electrons. The Bertz CT molecular complexity index is 560. The van der Waals surface area contributed by atoms with Gasteiger partial charge in [-0.1, -0.05) is 6.07 Å². The summed E-state index contributed by atoms with van der Waals surface area (Å²) in [5.74, 6) is 1.60. The quantitative estimate of drug-likeness (QED) is 0.642. The van der Waals surface area contributed by atoms with Gasteiger partial charge in [0.25, 0.3) is 0 Å². The van der Waals surface area contributed by atoms with Crippen molar-refractivity contribution < 1.29 is 9.47 Å². The van der Waals surface area contributed by atoms with Crippen molar-refractivity contribution in [2.75, 3.05) is 53.6 Å². The highest BCUT2D eigenvalue weighted by atomic mass is 16.5. The molecule has 0 bridgehead atoms. The summed E-state index contributed by atoms with van der Waals surface area (Å²) in [5.41, 5.74) is 1.03. The molecule has 2 saturated heterocycles. The van der Waals surface area contributed by atoms with Gasteiger partial charge in [-0.25, -0.2) is 4.98 Å². The van der Waals surface area contributed by atoms with Gasteiger partial charge < -0.3 is 19.7 Å². The Hall–Kier alpha value is -1.86. The summed E-state index contributed by atoms with van der Waals surface area (Å²) in [6.07, 6.45) is 2.92.